The zero-order chi connectivity index (χ0) is 15.5. The molecule has 0 unspecified atom stereocenters. The van der Waals surface area contributed by atoms with Gasteiger partial charge in [0.15, 0.2) is 0 Å². The summed E-state index contributed by atoms with van der Waals surface area (Å²) in [4.78, 5) is 4.79. The van der Waals surface area contributed by atoms with Crippen molar-refractivity contribution in [3.8, 4) is 11.1 Å². The van der Waals surface area contributed by atoms with E-state index in [1.807, 2.05) is 36.4 Å². The molecule has 0 saturated heterocycles. The molecule has 23 heavy (non-hydrogen) atoms. The van der Waals surface area contributed by atoms with Gasteiger partial charge in [-0.25, -0.2) is 4.99 Å². The molecule has 2 nitrogen and oxygen atoms in total. The zero-order valence-electron chi connectivity index (χ0n) is 12.6. The lowest BCUT2D eigenvalue weighted by molar-refractivity contribution is 1.52. The maximum absolute atomic E-state index is 4.79. The average Bonchev–Trinajstić information content (AvgIpc) is 2.77. The van der Waals surface area contributed by atoms with Crippen molar-refractivity contribution in [2.45, 2.75) is 0 Å². The minimum Gasteiger partial charge on any atom is -0.340 e. The summed E-state index contributed by atoms with van der Waals surface area (Å²) < 4.78 is 0. The van der Waals surface area contributed by atoms with E-state index in [1.54, 1.807) is 0 Å². The van der Waals surface area contributed by atoms with Crippen molar-refractivity contribution in [1.82, 2.24) is 0 Å². The summed E-state index contributed by atoms with van der Waals surface area (Å²) in [5, 5.41) is 3.44. The second kappa shape index (κ2) is 5.93. The van der Waals surface area contributed by atoms with Crippen LogP contribution in [0.25, 0.3) is 17.2 Å². The monoisotopic (exact) mass is 296 g/mol. The Labute approximate surface area is 135 Å². The molecule has 110 valence electrons. The van der Waals surface area contributed by atoms with E-state index in [0.29, 0.717) is 0 Å². The van der Waals surface area contributed by atoms with Gasteiger partial charge < -0.3 is 5.32 Å². The Morgan fingerprint density at radius 3 is 2.22 bits per heavy atom. The van der Waals surface area contributed by atoms with Crippen LogP contribution in [0.1, 0.15) is 5.56 Å². The summed E-state index contributed by atoms with van der Waals surface area (Å²) in [5.41, 5.74) is 5.54. The second-order valence-electron chi connectivity index (χ2n) is 5.43. The molecule has 1 aliphatic heterocycles. The lowest BCUT2D eigenvalue weighted by Crippen LogP contribution is -2.07. The molecular formula is C21H16N2. The molecule has 4 rings (SSSR count). The summed E-state index contributed by atoms with van der Waals surface area (Å²) in [6.45, 7) is 0. The molecular weight excluding hydrogens is 280 g/mol. The highest BCUT2D eigenvalue weighted by Crippen LogP contribution is 2.37. The molecule has 0 saturated carbocycles. The van der Waals surface area contributed by atoms with E-state index in [-0.39, 0.29) is 0 Å². The first-order valence-corrected chi connectivity index (χ1v) is 7.67. The van der Waals surface area contributed by atoms with Crippen molar-refractivity contribution < 1.29 is 0 Å². The number of para-hydroxylation sites is 2. The second-order valence-corrected chi connectivity index (χ2v) is 5.43. The predicted molar refractivity (Wildman–Crippen MR) is 98.1 cm³/mol. The van der Waals surface area contributed by atoms with Crippen LogP contribution in [0.2, 0.25) is 0 Å². The van der Waals surface area contributed by atoms with Gasteiger partial charge >= 0.3 is 0 Å². The fourth-order valence-electron chi connectivity index (χ4n) is 2.74. The normalized spacial score (nSPS) is 12.8. The topological polar surface area (TPSA) is 24.4 Å². The maximum atomic E-state index is 4.79. The molecule has 3 aromatic rings. The first-order chi connectivity index (χ1) is 11.4. The highest BCUT2D eigenvalue weighted by molar-refractivity contribution is 6.11. The Kier molecular flexibility index (Phi) is 3.49. The summed E-state index contributed by atoms with van der Waals surface area (Å²) in [5.74, 6) is 0.839. The smallest absolute Gasteiger partial charge is 0.131 e. The number of rotatable bonds is 2. The van der Waals surface area contributed by atoms with E-state index in [9.17, 15) is 0 Å². The van der Waals surface area contributed by atoms with Gasteiger partial charge in [0, 0.05) is 16.8 Å². The molecule has 2 heteroatoms. The molecule has 3 aromatic carbocycles. The van der Waals surface area contributed by atoms with E-state index in [4.69, 9.17) is 4.99 Å². The highest BCUT2D eigenvalue weighted by Gasteiger charge is 2.13. The lowest BCUT2D eigenvalue weighted by atomic mass is 10.0. The predicted octanol–water partition coefficient (Wildman–Crippen LogP) is 5.52. The number of anilines is 1. The molecule has 1 heterocycles. The maximum Gasteiger partial charge on any atom is 0.131 e. The van der Waals surface area contributed by atoms with Gasteiger partial charge in [-0.1, -0.05) is 72.8 Å². The van der Waals surface area contributed by atoms with Crippen molar-refractivity contribution in [2.24, 2.45) is 4.99 Å². The quantitative estimate of drug-likeness (QED) is 0.661. The molecule has 0 fully saturated rings. The summed E-state index contributed by atoms with van der Waals surface area (Å²) in [6, 6.07) is 26.8. The molecule has 0 aromatic heterocycles. The zero-order valence-corrected chi connectivity index (χ0v) is 12.6. The van der Waals surface area contributed by atoms with Gasteiger partial charge in [-0.3, -0.25) is 0 Å². The largest absolute Gasteiger partial charge is 0.340 e. The summed E-state index contributed by atoms with van der Waals surface area (Å²) >= 11 is 0. The number of aliphatic imine (C=N–C) groups is 1. The fourth-order valence-corrected chi connectivity index (χ4v) is 2.74. The van der Waals surface area contributed by atoms with Crippen LogP contribution in [-0.4, -0.2) is 5.84 Å². The van der Waals surface area contributed by atoms with Crippen LogP contribution >= 0.6 is 0 Å². The molecule has 0 spiro atoms. The van der Waals surface area contributed by atoms with E-state index >= 15 is 0 Å². The third kappa shape index (κ3) is 2.79. The minimum atomic E-state index is 0.839. The van der Waals surface area contributed by atoms with Crippen LogP contribution in [0.4, 0.5) is 11.4 Å². The third-order valence-electron chi connectivity index (χ3n) is 3.86. The standard InChI is InChI=1S/C21H16N2/c1-2-8-16(9-3-1)14-15-21-22-19-12-6-4-10-17(19)18-11-5-7-13-20(18)23-21/h1-15H,(H,22,23)/b15-14+. The number of hydrogen-bond acceptors (Lipinski definition) is 2. The Morgan fingerprint density at radius 1 is 0.652 bits per heavy atom. The Bertz CT molecular complexity index is 892. The van der Waals surface area contributed by atoms with Crippen molar-refractivity contribution >= 4 is 23.3 Å². The number of benzene rings is 3. The molecule has 1 N–H and O–H groups in total. The number of fused-ring (bicyclic) bond motifs is 3. The van der Waals surface area contributed by atoms with Gasteiger partial charge in [-0.15, -0.1) is 0 Å². The fraction of sp³-hybridized carbons (Fsp3) is 0. The summed E-state index contributed by atoms with van der Waals surface area (Å²) in [7, 11) is 0. The van der Waals surface area contributed by atoms with Gasteiger partial charge in [-0.05, 0) is 23.8 Å². The van der Waals surface area contributed by atoms with Gasteiger partial charge in [0.25, 0.3) is 0 Å². The molecule has 1 aliphatic rings. The molecule has 0 aliphatic carbocycles. The summed E-state index contributed by atoms with van der Waals surface area (Å²) in [6.07, 6.45) is 4.09. The van der Waals surface area contributed by atoms with Crippen LogP contribution in [-0.2, 0) is 0 Å². The lowest BCUT2D eigenvalue weighted by Gasteiger charge is -2.08. The Hall–Kier alpha value is -3.13. The van der Waals surface area contributed by atoms with Gasteiger partial charge in [0.2, 0.25) is 0 Å². The highest BCUT2D eigenvalue weighted by atomic mass is 15.0. The number of amidine groups is 1. The van der Waals surface area contributed by atoms with Crippen molar-refractivity contribution in [1.29, 1.82) is 0 Å². The Balaban J connectivity index is 1.78. The van der Waals surface area contributed by atoms with Crippen molar-refractivity contribution in [2.75, 3.05) is 5.32 Å². The molecule has 0 amide bonds. The third-order valence-corrected chi connectivity index (χ3v) is 3.86. The van der Waals surface area contributed by atoms with Crippen LogP contribution in [0, 0.1) is 0 Å². The molecule has 0 bridgehead atoms. The van der Waals surface area contributed by atoms with Crippen LogP contribution in [0.15, 0.2) is 89.9 Å². The van der Waals surface area contributed by atoms with E-state index in [1.165, 1.54) is 5.56 Å². The van der Waals surface area contributed by atoms with Crippen molar-refractivity contribution in [3.63, 3.8) is 0 Å². The number of nitrogens with one attached hydrogen (secondary N) is 1. The minimum absolute atomic E-state index is 0.839. The van der Waals surface area contributed by atoms with Crippen molar-refractivity contribution in [3.05, 3.63) is 90.5 Å². The van der Waals surface area contributed by atoms with E-state index in [0.717, 1.165) is 28.3 Å². The molecule has 0 radical (unpaired) electrons. The SMILES string of the molecule is C(=C\c1ccccc1)/C1=Nc2ccccc2-c2ccccc2N1. The van der Waals surface area contributed by atoms with Crippen LogP contribution in [0.3, 0.4) is 0 Å². The van der Waals surface area contributed by atoms with Crippen LogP contribution in [0.5, 0.6) is 0 Å². The van der Waals surface area contributed by atoms with Gasteiger partial charge in [-0.2, -0.15) is 0 Å². The Morgan fingerprint density at radius 2 is 1.35 bits per heavy atom. The average molecular weight is 296 g/mol. The first-order valence-electron chi connectivity index (χ1n) is 7.67. The van der Waals surface area contributed by atoms with Gasteiger partial charge in [0.05, 0.1) is 5.69 Å². The number of hydrogen-bond donors (Lipinski definition) is 1. The number of nitrogens with zero attached hydrogens (tertiary/aromatic N) is 1. The van der Waals surface area contributed by atoms with E-state index in [2.05, 4.69) is 59.9 Å². The molecule has 0 atom stereocenters. The first kappa shape index (κ1) is 13.5. The van der Waals surface area contributed by atoms with E-state index < -0.39 is 0 Å². The van der Waals surface area contributed by atoms with Crippen LogP contribution < -0.4 is 5.32 Å². The van der Waals surface area contributed by atoms with Gasteiger partial charge in [0.1, 0.15) is 5.84 Å².